The Balaban J connectivity index is 3.69. The lowest BCUT2D eigenvalue weighted by Gasteiger charge is -2.13. The van der Waals surface area contributed by atoms with Crippen molar-refractivity contribution in [2.75, 3.05) is 13.1 Å². The van der Waals surface area contributed by atoms with E-state index in [2.05, 4.69) is 16.0 Å². The third-order valence-electron chi connectivity index (χ3n) is 1.95. The number of amides is 3. The van der Waals surface area contributed by atoms with Gasteiger partial charge in [0, 0.05) is 6.04 Å². The number of carboxylic acid groups (broad SMARTS) is 1. The van der Waals surface area contributed by atoms with Crippen LogP contribution in [0.3, 0.4) is 0 Å². The molecule has 0 spiro atoms. The summed E-state index contributed by atoms with van der Waals surface area (Å²) in [6.45, 7) is 3.19. The maximum Gasteiger partial charge on any atom is 0.322 e. The summed E-state index contributed by atoms with van der Waals surface area (Å²) < 4.78 is 0. The van der Waals surface area contributed by atoms with Crippen molar-refractivity contribution >= 4 is 17.9 Å². The molecule has 0 saturated carbocycles. The van der Waals surface area contributed by atoms with Crippen LogP contribution in [-0.2, 0) is 9.59 Å². The summed E-state index contributed by atoms with van der Waals surface area (Å²) in [5.41, 5.74) is 0. The van der Waals surface area contributed by atoms with E-state index in [0.717, 1.165) is 12.8 Å². The zero-order valence-corrected chi connectivity index (χ0v) is 10.1. The summed E-state index contributed by atoms with van der Waals surface area (Å²) in [5.74, 6) is -1.66. The number of aliphatic carboxylic acids is 1. The average molecular weight is 245 g/mol. The van der Waals surface area contributed by atoms with E-state index in [1.165, 1.54) is 0 Å². The first-order valence-electron chi connectivity index (χ1n) is 5.48. The lowest BCUT2D eigenvalue weighted by molar-refractivity contribution is -0.137. The van der Waals surface area contributed by atoms with Crippen LogP contribution in [0.4, 0.5) is 4.79 Å². The molecule has 0 aromatic heterocycles. The Hall–Kier alpha value is -1.79. The van der Waals surface area contributed by atoms with Crippen LogP contribution in [0.1, 0.15) is 26.7 Å². The first-order chi connectivity index (χ1) is 7.95. The van der Waals surface area contributed by atoms with Gasteiger partial charge in [-0.1, -0.05) is 13.3 Å². The van der Waals surface area contributed by atoms with Gasteiger partial charge in [0.2, 0.25) is 5.91 Å². The summed E-state index contributed by atoms with van der Waals surface area (Å²) in [6, 6.07) is -0.390. The second-order valence-electron chi connectivity index (χ2n) is 3.69. The van der Waals surface area contributed by atoms with E-state index in [-0.39, 0.29) is 12.6 Å². The first-order valence-corrected chi connectivity index (χ1v) is 5.48. The molecule has 3 amide bonds. The lowest BCUT2D eigenvalue weighted by Crippen LogP contribution is -2.45. The predicted molar refractivity (Wildman–Crippen MR) is 61.5 cm³/mol. The van der Waals surface area contributed by atoms with Gasteiger partial charge in [0.25, 0.3) is 0 Å². The standard InChI is InChI=1S/C10H19N3O4/c1-3-4-7(2)13-10(17)12-5-8(14)11-6-9(15)16/h7H,3-6H2,1-2H3,(H,11,14)(H,15,16)(H2,12,13,17). The molecule has 0 rings (SSSR count). The van der Waals surface area contributed by atoms with Crippen LogP contribution < -0.4 is 16.0 Å². The van der Waals surface area contributed by atoms with Gasteiger partial charge in [0.1, 0.15) is 6.54 Å². The highest BCUT2D eigenvalue weighted by Gasteiger charge is 2.08. The molecule has 0 fully saturated rings. The van der Waals surface area contributed by atoms with E-state index in [4.69, 9.17) is 5.11 Å². The molecule has 7 heteroatoms. The number of rotatable bonds is 7. The molecule has 0 aliphatic carbocycles. The summed E-state index contributed by atoms with van der Waals surface area (Å²) >= 11 is 0. The molecule has 0 heterocycles. The fourth-order valence-electron chi connectivity index (χ4n) is 1.18. The Kier molecular flexibility index (Phi) is 7.49. The molecule has 0 saturated heterocycles. The van der Waals surface area contributed by atoms with Crippen molar-refractivity contribution in [1.82, 2.24) is 16.0 Å². The molecule has 1 unspecified atom stereocenters. The zero-order chi connectivity index (χ0) is 13.3. The minimum absolute atomic E-state index is 0.0436. The van der Waals surface area contributed by atoms with Crippen molar-refractivity contribution in [2.24, 2.45) is 0 Å². The molecule has 0 bridgehead atoms. The van der Waals surface area contributed by atoms with E-state index in [9.17, 15) is 14.4 Å². The first kappa shape index (κ1) is 15.2. The van der Waals surface area contributed by atoms with Gasteiger partial charge in [-0.05, 0) is 13.3 Å². The maximum absolute atomic E-state index is 11.3. The van der Waals surface area contributed by atoms with Gasteiger partial charge in [-0.15, -0.1) is 0 Å². The van der Waals surface area contributed by atoms with Crippen LogP contribution in [0.15, 0.2) is 0 Å². The van der Waals surface area contributed by atoms with Crippen LogP contribution in [0, 0.1) is 0 Å². The zero-order valence-electron chi connectivity index (χ0n) is 10.1. The van der Waals surface area contributed by atoms with Gasteiger partial charge >= 0.3 is 12.0 Å². The Morgan fingerprint density at radius 3 is 2.35 bits per heavy atom. The average Bonchev–Trinajstić information content (AvgIpc) is 2.23. The van der Waals surface area contributed by atoms with Crippen molar-refractivity contribution in [1.29, 1.82) is 0 Å². The summed E-state index contributed by atoms with van der Waals surface area (Å²) in [7, 11) is 0. The van der Waals surface area contributed by atoms with E-state index < -0.39 is 24.5 Å². The number of nitrogens with one attached hydrogen (secondary N) is 3. The molecule has 0 aromatic rings. The highest BCUT2D eigenvalue weighted by Crippen LogP contribution is 1.93. The van der Waals surface area contributed by atoms with Gasteiger partial charge in [-0.3, -0.25) is 9.59 Å². The second kappa shape index (κ2) is 8.37. The van der Waals surface area contributed by atoms with E-state index >= 15 is 0 Å². The topological polar surface area (TPSA) is 108 Å². The van der Waals surface area contributed by atoms with E-state index in [1.54, 1.807) is 0 Å². The summed E-state index contributed by atoms with van der Waals surface area (Å²) in [6.07, 6.45) is 1.82. The van der Waals surface area contributed by atoms with Crippen LogP contribution >= 0.6 is 0 Å². The Labute approximate surface area is 100.0 Å². The van der Waals surface area contributed by atoms with E-state index in [1.807, 2.05) is 13.8 Å². The second-order valence-corrected chi connectivity index (χ2v) is 3.69. The highest BCUT2D eigenvalue weighted by atomic mass is 16.4. The number of hydrogen-bond acceptors (Lipinski definition) is 3. The van der Waals surface area contributed by atoms with Crippen molar-refractivity contribution in [3.8, 4) is 0 Å². The molecular weight excluding hydrogens is 226 g/mol. The number of carbonyl (C=O) groups excluding carboxylic acids is 2. The van der Waals surface area contributed by atoms with Crippen LogP contribution in [-0.4, -0.2) is 42.1 Å². The minimum Gasteiger partial charge on any atom is -0.480 e. The van der Waals surface area contributed by atoms with Crippen molar-refractivity contribution in [3.05, 3.63) is 0 Å². The van der Waals surface area contributed by atoms with Crippen molar-refractivity contribution in [2.45, 2.75) is 32.7 Å². The molecule has 4 N–H and O–H groups in total. The molecule has 1 atom stereocenters. The highest BCUT2D eigenvalue weighted by molar-refractivity contribution is 5.86. The fraction of sp³-hybridized carbons (Fsp3) is 0.700. The third-order valence-corrected chi connectivity index (χ3v) is 1.95. The Bertz CT molecular complexity index is 281. The normalized spacial score (nSPS) is 11.4. The summed E-state index contributed by atoms with van der Waals surface area (Å²) in [4.78, 5) is 32.4. The van der Waals surface area contributed by atoms with Crippen LogP contribution in [0.2, 0.25) is 0 Å². The maximum atomic E-state index is 11.3. The molecule has 7 nitrogen and oxygen atoms in total. The minimum atomic E-state index is -1.13. The van der Waals surface area contributed by atoms with Crippen LogP contribution in [0.25, 0.3) is 0 Å². The smallest absolute Gasteiger partial charge is 0.322 e. The van der Waals surface area contributed by atoms with Gasteiger partial charge in [0.15, 0.2) is 0 Å². The molecule has 0 radical (unpaired) electrons. The number of carbonyl (C=O) groups is 3. The molecular formula is C10H19N3O4. The van der Waals surface area contributed by atoms with Gasteiger partial charge in [0.05, 0.1) is 6.54 Å². The molecule has 0 aliphatic rings. The number of hydrogen-bond donors (Lipinski definition) is 4. The van der Waals surface area contributed by atoms with Crippen molar-refractivity contribution in [3.63, 3.8) is 0 Å². The van der Waals surface area contributed by atoms with Gasteiger partial charge in [-0.2, -0.15) is 0 Å². The van der Waals surface area contributed by atoms with Crippen molar-refractivity contribution < 1.29 is 19.5 Å². The molecule has 17 heavy (non-hydrogen) atoms. The third kappa shape index (κ3) is 9.16. The molecule has 0 aliphatic heterocycles. The monoisotopic (exact) mass is 245 g/mol. The Morgan fingerprint density at radius 1 is 1.18 bits per heavy atom. The largest absolute Gasteiger partial charge is 0.480 e. The predicted octanol–water partition coefficient (Wildman–Crippen LogP) is -0.325. The Morgan fingerprint density at radius 2 is 1.82 bits per heavy atom. The SMILES string of the molecule is CCCC(C)NC(=O)NCC(=O)NCC(=O)O. The fourth-order valence-corrected chi connectivity index (χ4v) is 1.18. The number of carboxylic acids is 1. The molecule has 98 valence electrons. The van der Waals surface area contributed by atoms with Gasteiger partial charge in [-0.25, -0.2) is 4.79 Å². The number of urea groups is 1. The van der Waals surface area contributed by atoms with Crippen LogP contribution in [0.5, 0.6) is 0 Å². The van der Waals surface area contributed by atoms with Gasteiger partial charge < -0.3 is 21.1 Å². The molecule has 0 aromatic carbocycles. The summed E-state index contributed by atoms with van der Waals surface area (Å²) in [5, 5.41) is 15.4. The quantitative estimate of drug-likeness (QED) is 0.492. The van der Waals surface area contributed by atoms with E-state index in [0.29, 0.717) is 0 Å². The lowest BCUT2D eigenvalue weighted by atomic mass is 10.2.